The lowest BCUT2D eigenvalue weighted by Crippen LogP contribution is -2.22. The molecule has 0 spiro atoms. The predicted molar refractivity (Wildman–Crippen MR) is 93.5 cm³/mol. The van der Waals surface area contributed by atoms with E-state index in [1.54, 1.807) is 6.07 Å². The second-order valence-electron chi connectivity index (χ2n) is 5.93. The maximum Gasteiger partial charge on any atom is 0.147 e. The third-order valence-corrected chi connectivity index (χ3v) is 5.08. The molecule has 126 valence electrons. The Bertz CT molecular complexity index is 842. The number of nitrogens with zero attached hydrogens (tertiary/aromatic N) is 2. The molecule has 0 bridgehead atoms. The molecule has 0 radical (unpaired) electrons. The molecular formula is C18H20FN3OS. The summed E-state index contributed by atoms with van der Waals surface area (Å²) in [6.07, 6.45) is 0. The first kappa shape index (κ1) is 16.8. The molecule has 0 unspecified atom stereocenters. The molecule has 4 nitrogen and oxygen atoms in total. The molecule has 2 aromatic heterocycles. The monoisotopic (exact) mass is 345 g/mol. The van der Waals surface area contributed by atoms with E-state index in [0.717, 1.165) is 32.7 Å². The van der Waals surface area contributed by atoms with E-state index in [1.807, 2.05) is 19.9 Å². The van der Waals surface area contributed by atoms with Gasteiger partial charge in [0, 0.05) is 17.2 Å². The number of hydrogen-bond acceptors (Lipinski definition) is 5. The number of hydrogen-bond donors (Lipinski definition) is 1. The Labute approximate surface area is 144 Å². The van der Waals surface area contributed by atoms with Crippen molar-refractivity contribution in [3.8, 4) is 10.6 Å². The van der Waals surface area contributed by atoms with Gasteiger partial charge in [0.05, 0.1) is 6.04 Å². The number of benzene rings is 1. The third-order valence-electron chi connectivity index (χ3n) is 3.93. The smallest absolute Gasteiger partial charge is 0.147 e. The molecule has 6 heteroatoms. The molecule has 2 heterocycles. The van der Waals surface area contributed by atoms with Gasteiger partial charge in [0.15, 0.2) is 0 Å². The van der Waals surface area contributed by atoms with E-state index in [0.29, 0.717) is 0 Å². The average Bonchev–Trinajstić information content (AvgIpc) is 3.14. The zero-order chi connectivity index (χ0) is 17.3. The standard InChI is InChI=1S/C18H20FN3OS/c1-10-8-16(13(4)23-10)11(2)20-12(3)17-21-22-18(24-17)14-6-5-7-15(19)9-14/h5-9,11-12,20H,1-4H3/t11-,12+/m1/s1. The minimum atomic E-state index is -0.269. The lowest BCUT2D eigenvalue weighted by molar-refractivity contribution is 0.467. The van der Waals surface area contributed by atoms with Crippen molar-refractivity contribution in [3.63, 3.8) is 0 Å². The van der Waals surface area contributed by atoms with Gasteiger partial charge in [-0.2, -0.15) is 0 Å². The van der Waals surface area contributed by atoms with E-state index in [2.05, 4.69) is 35.4 Å². The number of aryl methyl sites for hydroxylation is 2. The van der Waals surface area contributed by atoms with Crippen LogP contribution >= 0.6 is 11.3 Å². The first-order valence-electron chi connectivity index (χ1n) is 7.86. The number of furan rings is 1. The maximum atomic E-state index is 13.4. The van der Waals surface area contributed by atoms with Crippen LogP contribution in [0.25, 0.3) is 10.6 Å². The fraction of sp³-hybridized carbons (Fsp3) is 0.333. The van der Waals surface area contributed by atoms with Gasteiger partial charge in [-0.3, -0.25) is 0 Å². The van der Waals surface area contributed by atoms with Crippen LogP contribution in [0.15, 0.2) is 34.7 Å². The summed E-state index contributed by atoms with van der Waals surface area (Å²) in [6, 6.07) is 8.65. The Kier molecular flexibility index (Phi) is 4.78. The molecule has 0 saturated carbocycles. The number of rotatable bonds is 5. The van der Waals surface area contributed by atoms with Crippen LogP contribution in [0.3, 0.4) is 0 Å². The van der Waals surface area contributed by atoms with Gasteiger partial charge in [-0.05, 0) is 45.9 Å². The van der Waals surface area contributed by atoms with Crippen LogP contribution in [0.2, 0.25) is 0 Å². The fourth-order valence-corrected chi connectivity index (χ4v) is 3.62. The summed E-state index contributed by atoms with van der Waals surface area (Å²) in [6.45, 7) is 8.07. The van der Waals surface area contributed by atoms with Crippen LogP contribution in [0.5, 0.6) is 0 Å². The molecule has 0 aliphatic heterocycles. The molecule has 3 rings (SSSR count). The minimum Gasteiger partial charge on any atom is -0.466 e. The van der Waals surface area contributed by atoms with Crippen LogP contribution in [0.1, 0.15) is 48.0 Å². The quantitative estimate of drug-likeness (QED) is 0.709. The van der Waals surface area contributed by atoms with Crippen molar-refractivity contribution >= 4 is 11.3 Å². The van der Waals surface area contributed by atoms with Gasteiger partial charge in [-0.25, -0.2) is 4.39 Å². The zero-order valence-corrected chi connectivity index (χ0v) is 14.9. The largest absolute Gasteiger partial charge is 0.466 e. The van der Waals surface area contributed by atoms with Crippen molar-refractivity contribution in [3.05, 3.63) is 58.2 Å². The van der Waals surface area contributed by atoms with Gasteiger partial charge in [0.1, 0.15) is 27.4 Å². The maximum absolute atomic E-state index is 13.4. The molecule has 24 heavy (non-hydrogen) atoms. The van der Waals surface area contributed by atoms with Gasteiger partial charge < -0.3 is 9.73 Å². The average molecular weight is 345 g/mol. The van der Waals surface area contributed by atoms with Crippen molar-refractivity contribution in [2.75, 3.05) is 0 Å². The van der Waals surface area contributed by atoms with Gasteiger partial charge in [0.25, 0.3) is 0 Å². The van der Waals surface area contributed by atoms with Gasteiger partial charge >= 0.3 is 0 Å². The van der Waals surface area contributed by atoms with Crippen LogP contribution in [-0.2, 0) is 0 Å². The summed E-state index contributed by atoms with van der Waals surface area (Å²) in [7, 11) is 0. The van der Waals surface area contributed by atoms with E-state index in [-0.39, 0.29) is 17.9 Å². The van der Waals surface area contributed by atoms with Crippen LogP contribution in [0, 0.1) is 19.7 Å². The molecule has 0 amide bonds. The van der Waals surface area contributed by atoms with Gasteiger partial charge in [-0.15, -0.1) is 10.2 Å². The SMILES string of the molecule is Cc1cc([C@@H](C)N[C@@H](C)c2nnc(-c3cccc(F)c3)s2)c(C)o1. The van der Waals surface area contributed by atoms with Crippen molar-refractivity contribution in [1.29, 1.82) is 0 Å². The molecule has 1 aromatic carbocycles. The van der Waals surface area contributed by atoms with E-state index < -0.39 is 0 Å². The summed E-state index contributed by atoms with van der Waals surface area (Å²) in [5, 5.41) is 13.6. The summed E-state index contributed by atoms with van der Waals surface area (Å²) >= 11 is 1.47. The normalized spacial score (nSPS) is 13.9. The number of aromatic nitrogens is 2. The molecule has 3 aromatic rings. The zero-order valence-electron chi connectivity index (χ0n) is 14.1. The van der Waals surface area contributed by atoms with Crippen LogP contribution in [-0.4, -0.2) is 10.2 Å². The highest BCUT2D eigenvalue weighted by Gasteiger charge is 2.18. The molecule has 0 fully saturated rings. The molecule has 0 aliphatic carbocycles. The molecule has 1 N–H and O–H groups in total. The first-order valence-corrected chi connectivity index (χ1v) is 8.68. The topological polar surface area (TPSA) is 51.0 Å². The second-order valence-corrected chi connectivity index (χ2v) is 6.94. The molecular weight excluding hydrogens is 325 g/mol. The first-order chi connectivity index (χ1) is 11.4. The van der Waals surface area contributed by atoms with Gasteiger partial charge in [0.2, 0.25) is 0 Å². The predicted octanol–water partition coefficient (Wildman–Crippen LogP) is 4.97. The highest BCUT2D eigenvalue weighted by atomic mass is 32.1. The summed E-state index contributed by atoms with van der Waals surface area (Å²) in [4.78, 5) is 0. The van der Waals surface area contributed by atoms with Crippen LogP contribution < -0.4 is 5.32 Å². The summed E-state index contributed by atoms with van der Waals surface area (Å²) < 4.78 is 18.9. The van der Waals surface area contributed by atoms with E-state index in [1.165, 1.54) is 23.5 Å². The number of halogens is 1. The summed E-state index contributed by atoms with van der Waals surface area (Å²) in [5.41, 5.74) is 1.90. The Hall–Kier alpha value is -2.05. The number of nitrogens with one attached hydrogen (secondary N) is 1. The van der Waals surface area contributed by atoms with E-state index in [4.69, 9.17) is 4.42 Å². The van der Waals surface area contributed by atoms with Crippen molar-refractivity contribution in [1.82, 2.24) is 15.5 Å². The lowest BCUT2D eigenvalue weighted by Gasteiger charge is -2.17. The lowest BCUT2D eigenvalue weighted by atomic mass is 10.1. The Morgan fingerprint density at radius 2 is 1.92 bits per heavy atom. The Morgan fingerprint density at radius 1 is 1.12 bits per heavy atom. The molecule has 2 atom stereocenters. The highest BCUT2D eigenvalue weighted by Crippen LogP contribution is 2.29. The Balaban J connectivity index is 1.74. The second kappa shape index (κ2) is 6.83. The molecule has 0 saturated heterocycles. The van der Waals surface area contributed by atoms with Crippen LogP contribution in [0.4, 0.5) is 4.39 Å². The Morgan fingerprint density at radius 3 is 2.58 bits per heavy atom. The van der Waals surface area contributed by atoms with Crippen molar-refractivity contribution in [2.24, 2.45) is 0 Å². The van der Waals surface area contributed by atoms with Gasteiger partial charge in [-0.1, -0.05) is 23.5 Å². The van der Waals surface area contributed by atoms with Crippen molar-refractivity contribution in [2.45, 2.75) is 39.8 Å². The third kappa shape index (κ3) is 3.55. The van der Waals surface area contributed by atoms with Crippen molar-refractivity contribution < 1.29 is 8.81 Å². The summed E-state index contributed by atoms with van der Waals surface area (Å²) in [5.74, 6) is 1.57. The molecule has 0 aliphatic rings. The van der Waals surface area contributed by atoms with E-state index >= 15 is 0 Å². The fourth-order valence-electron chi connectivity index (χ4n) is 2.76. The minimum absolute atomic E-state index is 0.0365. The van der Waals surface area contributed by atoms with E-state index in [9.17, 15) is 4.39 Å². The highest BCUT2D eigenvalue weighted by molar-refractivity contribution is 7.14.